The summed E-state index contributed by atoms with van der Waals surface area (Å²) in [7, 11) is 0. The Morgan fingerprint density at radius 1 is 1.04 bits per heavy atom. The summed E-state index contributed by atoms with van der Waals surface area (Å²) >= 11 is 0. The molecule has 0 saturated carbocycles. The molecular weight excluding hydrogens is 340 g/mol. The zero-order valence-corrected chi connectivity index (χ0v) is 16.1. The number of fused-ring (bicyclic) bond motifs is 1. The quantitative estimate of drug-likeness (QED) is 0.626. The predicted molar refractivity (Wildman–Crippen MR) is 108 cm³/mol. The van der Waals surface area contributed by atoms with Crippen molar-refractivity contribution < 1.29 is 14.3 Å². The zero-order valence-electron chi connectivity index (χ0n) is 16.1. The molecule has 1 heterocycles. The third kappa shape index (κ3) is 4.42. The van der Waals surface area contributed by atoms with E-state index in [9.17, 15) is 4.79 Å². The highest BCUT2D eigenvalue weighted by Crippen LogP contribution is 2.28. The van der Waals surface area contributed by atoms with Crippen LogP contribution in [0.2, 0.25) is 0 Å². The monoisotopic (exact) mass is 366 g/mol. The molecule has 1 aromatic heterocycles. The van der Waals surface area contributed by atoms with Crippen molar-refractivity contribution in [3.8, 4) is 11.5 Å². The number of H-pyrrole nitrogens is 1. The Morgan fingerprint density at radius 3 is 2.59 bits per heavy atom. The van der Waals surface area contributed by atoms with Gasteiger partial charge in [-0.25, -0.2) is 0 Å². The summed E-state index contributed by atoms with van der Waals surface area (Å²) < 4.78 is 11.1. The molecule has 0 radical (unpaired) electrons. The molecule has 5 heteroatoms. The number of amides is 1. The molecule has 1 amide bonds. The Morgan fingerprint density at radius 2 is 1.81 bits per heavy atom. The van der Waals surface area contributed by atoms with Gasteiger partial charge in [0.25, 0.3) is 5.91 Å². The van der Waals surface area contributed by atoms with Gasteiger partial charge in [0, 0.05) is 29.2 Å². The van der Waals surface area contributed by atoms with Gasteiger partial charge in [-0.15, -0.1) is 0 Å². The molecule has 0 fully saturated rings. The van der Waals surface area contributed by atoms with E-state index in [1.54, 1.807) is 18.2 Å². The van der Waals surface area contributed by atoms with Gasteiger partial charge in [-0.3, -0.25) is 4.79 Å². The van der Waals surface area contributed by atoms with Crippen molar-refractivity contribution in [1.82, 2.24) is 10.3 Å². The maximum atomic E-state index is 12.5. The van der Waals surface area contributed by atoms with Crippen LogP contribution in [-0.2, 0) is 6.42 Å². The summed E-state index contributed by atoms with van der Waals surface area (Å²) in [6.07, 6.45) is 2.78. The minimum absolute atomic E-state index is 0.116. The van der Waals surface area contributed by atoms with Crippen molar-refractivity contribution >= 4 is 16.8 Å². The standard InChI is InChI=1S/C22H26N2O3/c1-4-26-20-9-7-16(13-21(20)27-5-2)22(25)23-11-10-17-14-24-19-8-6-15(3)12-18(17)19/h6-9,12-14,24H,4-5,10-11H2,1-3H3,(H,23,25). The normalized spacial score (nSPS) is 10.8. The number of carbonyl (C=O) groups excluding carboxylic acids is 1. The number of benzene rings is 2. The average molecular weight is 366 g/mol. The lowest BCUT2D eigenvalue weighted by Crippen LogP contribution is -2.25. The second-order valence-corrected chi connectivity index (χ2v) is 6.40. The molecule has 5 nitrogen and oxygen atoms in total. The number of nitrogens with one attached hydrogen (secondary N) is 2. The largest absolute Gasteiger partial charge is 0.490 e. The summed E-state index contributed by atoms with van der Waals surface area (Å²) in [5, 5.41) is 4.20. The van der Waals surface area contributed by atoms with E-state index in [1.807, 2.05) is 20.0 Å². The molecule has 142 valence electrons. The number of aromatic amines is 1. The fourth-order valence-corrected chi connectivity index (χ4v) is 3.10. The van der Waals surface area contributed by atoms with Gasteiger partial charge < -0.3 is 19.8 Å². The van der Waals surface area contributed by atoms with E-state index in [4.69, 9.17) is 9.47 Å². The lowest BCUT2D eigenvalue weighted by atomic mass is 10.1. The Hall–Kier alpha value is -2.95. The van der Waals surface area contributed by atoms with Gasteiger partial charge >= 0.3 is 0 Å². The SMILES string of the molecule is CCOc1ccc(C(=O)NCCc2c[nH]c3ccc(C)cc23)cc1OCC. The molecule has 27 heavy (non-hydrogen) atoms. The van der Waals surface area contributed by atoms with Gasteiger partial charge in [0.2, 0.25) is 0 Å². The van der Waals surface area contributed by atoms with Crippen LogP contribution in [0.4, 0.5) is 0 Å². The van der Waals surface area contributed by atoms with Gasteiger partial charge in [0.05, 0.1) is 13.2 Å². The summed E-state index contributed by atoms with van der Waals surface area (Å²) in [4.78, 5) is 15.8. The molecule has 0 atom stereocenters. The van der Waals surface area contributed by atoms with Crippen LogP contribution in [-0.4, -0.2) is 30.6 Å². The molecule has 3 rings (SSSR count). The maximum absolute atomic E-state index is 12.5. The van der Waals surface area contributed by atoms with Crippen LogP contribution in [0.25, 0.3) is 10.9 Å². The molecule has 3 aromatic rings. The highest BCUT2D eigenvalue weighted by Gasteiger charge is 2.12. The second-order valence-electron chi connectivity index (χ2n) is 6.40. The number of rotatable bonds is 8. The second kappa shape index (κ2) is 8.62. The minimum Gasteiger partial charge on any atom is -0.490 e. The summed E-state index contributed by atoms with van der Waals surface area (Å²) in [6, 6.07) is 11.6. The van der Waals surface area contributed by atoms with Gasteiger partial charge in [-0.1, -0.05) is 11.6 Å². The van der Waals surface area contributed by atoms with Crippen LogP contribution in [0, 0.1) is 6.92 Å². The Kier molecular flexibility index (Phi) is 6.01. The first-order valence-electron chi connectivity index (χ1n) is 9.36. The molecule has 2 N–H and O–H groups in total. The number of aromatic nitrogens is 1. The molecule has 0 saturated heterocycles. The Balaban J connectivity index is 1.65. The van der Waals surface area contributed by atoms with Gasteiger partial charge in [0.1, 0.15) is 0 Å². The molecule has 0 bridgehead atoms. The summed E-state index contributed by atoms with van der Waals surface area (Å²) in [5.41, 5.74) is 4.12. The molecule has 0 aliphatic rings. The van der Waals surface area contributed by atoms with E-state index in [0.29, 0.717) is 36.8 Å². The van der Waals surface area contributed by atoms with Crippen LogP contribution in [0.15, 0.2) is 42.6 Å². The summed E-state index contributed by atoms with van der Waals surface area (Å²) in [6.45, 7) is 7.55. The van der Waals surface area contributed by atoms with Crippen molar-refractivity contribution in [2.75, 3.05) is 19.8 Å². The van der Waals surface area contributed by atoms with Crippen molar-refractivity contribution in [2.24, 2.45) is 0 Å². The molecular formula is C22H26N2O3. The highest BCUT2D eigenvalue weighted by atomic mass is 16.5. The van der Waals surface area contributed by atoms with E-state index in [2.05, 4.69) is 35.4 Å². The van der Waals surface area contributed by atoms with E-state index in [-0.39, 0.29) is 5.91 Å². The first-order valence-corrected chi connectivity index (χ1v) is 9.36. The summed E-state index contributed by atoms with van der Waals surface area (Å²) in [5.74, 6) is 1.14. The van der Waals surface area contributed by atoms with E-state index < -0.39 is 0 Å². The van der Waals surface area contributed by atoms with Crippen LogP contribution >= 0.6 is 0 Å². The molecule has 0 aliphatic heterocycles. The minimum atomic E-state index is -0.116. The topological polar surface area (TPSA) is 63.3 Å². The van der Waals surface area contributed by atoms with Crippen molar-refractivity contribution in [2.45, 2.75) is 27.2 Å². The Labute approximate surface area is 159 Å². The molecule has 0 spiro atoms. The van der Waals surface area contributed by atoms with Crippen molar-refractivity contribution in [3.05, 3.63) is 59.3 Å². The smallest absolute Gasteiger partial charge is 0.251 e. The average Bonchev–Trinajstić information content (AvgIpc) is 3.05. The fraction of sp³-hybridized carbons (Fsp3) is 0.318. The third-order valence-corrected chi connectivity index (χ3v) is 4.41. The van der Waals surface area contributed by atoms with E-state index in [0.717, 1.165) is 11.9 Å². The Bertz CT molecular complexity index is 930. The molecule has 0 aliphatic carbocycles. The first-order chi connectivity index (χ1) is 13.1. The zero-order chi connectivity index (χ0) is 19.2. The van der Waals surface area contributed by atoms with Crippen LogP contribution in [0.5, 0.6) is 11.5 Å². The first kappa shape index (κ1) is 18.8. The van der Waals surface area contributed by atoms with Crippen LogP contribution < -0.4 is 14.8 Å². The van der Waals surface area contributed by atoms with E-state index >= 15 is 0 Å². The lowest BCUT2D eigenvalue weighted by Gasteiger charge is -2.12. The molecule has 2 aromatic carbocycles. The van der Waals surface area contributed by atoms with Crippen molar-refractivity contribution in [1.29, 1.82) is 0 Å². The van der Waals surface area contributed by atoms with Crippen molar-refractivity contribution in [3.63, 3.8) is 0 Å². The number of ether oxygens (including phenoxy) is 2. The third-order valence-electron chi connectivity index (χ3n) is 4.41. The molecule has 0 unspecified atom stereocenters. The number of hydrogen-bond donors (Lipinski definition) is 2. The highest BCUT2D eigenvalue weighted by molar-refractivity contribution is 5.95. The van der Waals surface area contributed by atoms with Gasteiger partial charge in [-0.05, 0) is 63.1 Å². The van der Waals surface area contributed by atoms with E-state index in [1.165, 1.54) is 16.5 Å². The number of carbonyl (C=O) groups is 1. The number of aryl methyl sites for hydroxylation is 1. The maximum Gasteiger partial charge on any atom is 0.251 e. The predicted octanol–water partition coefficient (Wildman–Crippen LogP) is 4.25. The van der Waals surface area contributed by atoms with Gasteiger partial charge in [-0.2, -0.15) is 0 Å². The van der Waals surface area contributed by atoms with Crippen LogP contribution in [0.1, 0.15) is 35.3 Å². The number of hydrogen-bond acceptors (Lipinski definition) is 3. The lowest BCUT2D eigenvalue weighted by molar-refractivity contribution is 0.0953. The van der Waals surface area contributed by atoms with Gasteiger partial charge in [0.15, 0.2) is 11.5 Å². The van der Waals surface area contributed by atoms with Crippen LogP contribution in [0.3, 0.4) is 0 Å². The fourth-order valence-electron chi connectivity index (χ4n) is 3.10.